The number of amides is 2. The third-order valence-corrected chi connectivity index (χ3v) is 5.59. The first-order valence-corrected chi connectivity index (χ1v) is 9.42. The van der Waals surface area contributed by atoms with E-state index in [-0.39, 0.29) is 36.3 Å². The number of para-hydroxylation sites is 1. The highest BCUT2D eigenvalue weighted by molar-refractivity contribution is 8.00. The van der Waals surface area contributed by atoms with Crippen LogP contribution in [0.3, 0.4) is 0 Å². The Morgan fingerprint density at radius 2 is 2.07 bits per heavy atom. The van der Waals surface area contributed by atoms with Gasteiger partial charge in [-0.2, -0.15) is 0 Å². The van der Waals surface area contributed by atoms with Crippen molar-refractivity contribution in [3.8, 4) is 0 Å². The van der Waals surface area contributed by atoms with Crippen molar-refractivity contribution >= 4 is 46.6 Å². The molecule has 0 aliphatic carbocycles. The van der Waals surface area contributed by atoms with Gasteiger partial charge in [-0.05, 0) is 23.8 Å². The number of likely N-dealkylation sites (N-methyl/N-ethyl adjacent to an activating group) is 1. The van der Waals surface area contributed by atoms with Gasteiger partial charge in [0.1, 0.15) is 6.54 Å². The van der Waals surface area contributed by atoms with Crippen LogP contribution in [0.5, 0.6) is 0 Å². The van der Waals surface area contributed by atoms with Gasteiger partial charge in [-0.1, -0.05) is 23.7 Å². The first-order valence-electron chi connectivity index (χ1n) is 8.06. The van der Waals surface area contributed by atoms with Crippen LogP contribution in [0.25, 0.3) is 0 Å². The Morgan fingerprint density at radius 3 is 2.81 bits per heavy atom. The number of carbonyl (C=O) groups is 2. The number of fused-ring (bicyclic) bond motifs is 1. The van der Waals surface area contributed by atoms with Crippen LogP contribution in [0.1, 0.15) is 5.56 Å². The van der Waals surface area contributed by atoms with Crippen molar-refractivity contribution in [1.29, 1.82) is 0 Å². The average Bonchev–Trinajstić information content (AvgIpc) is 2.65. The van der Waals surface area contributed by atoms with E-state index in [1.807, 2.05) is 24.3 Å². The smallest absolute Gasteiger partial charge is 0.269 e. The number of hydrogen-bond donors (Lipinski definition) is 0. The summed E-state index contributed by atoms with van der Waals surface area (Å²) in [6.45, 7) is 0.0111. The minimum atomic E-state index is -0.511. The molecule has 0 saturated heterocycles. The van der Waals surface area contributed by atoms with Crippen molar-refractivity contribution in [2.24, 2.45) is 0 Å². The topological polar surface area (TPSA) is 83.8 Å². The molecule has 2 aromatic carbocycles. The number of anilines is 1. The van der Waals surface area contributed by atoms with Gasteiger partial charge in [-0.25, -0.2) is 0 Å². The lowest BCUT2D eigenvalue weighted by Gasteiger charge is -2.30. The molecule has 7 nitrogen and oxygen atoms in total. The number of hydrogen-bond acceptors (Lipinski definition) is 5. The van der Waals surface area contributed by atoms with E-state index < -0.39 is 4.92 Å². The monoisotopic (exact) mass is 405 g/mol. The molecule has 0 spiro atoms. The van der Waals surface area contributed by atoms with E-state index in [2.05, 4.69) is 0 Å². The third-order valence-electron chi connectivity index (χ3n) is 4.18. The van der Waals surface area contributed by atoms with E-state index in [4.69, 9.17) is 11.6 Å². The summed E-state index contributed by atoms with van der Waals surface area (Å²) in [5, 5.41) is 11.3. The van der Waals surface area contributed by atoms with Gasteiger partial charge in [-0.3, -0.25) is 19.7 Å². The number of benzene rings is 2. The highest BCUT2D eigenvalue weighted by Gasteiger charge is 2.27. The summed E-state index contributed by atoms with van der Waals surface area (Å²) in [5.74, 6) is -0.133. The number of nitro groups is 1. The van der Waals surface area contributed by atoms with E-state index in [9.17, 15) is 19.7 Å². The first kappa shape index (κ1) is 19.2. The molecule has 9 heteroatoms. The van der Waals surface area contributed by atoms with Crippen molar-refractivity contribution in [2.45, 2.75) is 11.4 Å². The molecule has 0 saturated carbocycles. The molecule has 1 heterocycles. The maximum atomic E-state index is 12.6. The molecule has 27 heavy (non-hydrogen) atoms. The number of nitro benzene ring substituents is 1. The van der Waals surface area contributed by atoms with E-state index in [1.54, 1.807) is 7.05 Å². The zero-order valence-electron chi connectivity index (χ0n) is 14.4. The van der Waals surface area contributed by atoms with Crippen LogP contribution in [-0.2, 0) is 16.1 Å². The van der Waals surface area contributed by atoms with Crippen LogP contribution < -0.4 is 4.90 Å². The van der Waals surface area contributed by atoms with Crippen LogP contribution in [0.15, 0.2) is 47.4 Å². The van der Waals surface area contributed by atoms with Gasteiger partial charge in [0.15, 0.2) is 0 Å². The molecule has 0 radical (unpaired) electrons. The second kappa shape index (κ2) is 7.98. The molecule has 0 N–H and O–H groups in total. The minimum Gasteiger partial charge on any atom is -0.340 e. The zero-order chi connectivity index (χ0) is 19.6. The molecule has 0 bridgehead atoms. The largest absolute Gasteiger partial charge is 0.340 e. The lowest BCUT2D eigenvalue weighted by molar-refractivity contribution is -0.384. The standard InChI is InChI=1S/C18H16ClN3O4S/c1-20(9-12-8-13(22(25)26)6-7-14(12)19)17(23)10-21-15-4-2-3-5-16(15)27-11-18(21)24/h2-8H,9-11H2,1H3. The van der Waals surface area contributed by atoms with Crippen molar-refractivity contribution in [2.75, 3.05) is 24.2 Å². The average molecular weight is 406 g/mol. The van der Waals surface area contributed by atoms with Gasteiger partial charge in [0, 0.05) is 35.6 Å². The van der Waals surface area contributed by atoms with Gasteiger partial charge in [-0.15, -0.1) is 11.8 Å². The van der Waals surface area contributed by atoms with E-state index in [0.29, 0.717) is 16.3 Å². The first-order chi connectivity index (χ1) is 12.9. The summed E-state index contributed by atoms with van der Waals surface area (Å²) in [4.78, 5) is 39.2. The Balaban J connectivity index is 1.74. The maximum absolute atomic E-state index is 12.6. The van der Waals surface area contributed by atoms with Gasteiger partial charge >= 0.3 is 0 Å². The van der Waals surface area contributed by atoms with E-state index in [0.717, 1.165) is 4.90 Å². The number of thioether (sulfide) groups is 1. The van der Waals surface area contributed by atoms with E-state index in [1.165, 1.54) is 39.8 Å². The Morgan fingerprint density at radius 1 is 1.33 bits per heavy atom. The molecule has 1 aliphatic heterocycles. The van der Waals surface area contributed by atoms with Gasteiger partial charge < -0.3 is 9.80 Å². The fraction of sp³-hybridized carbons (Fsp3) is 0.222. The summed E-state index contributed by atoms with van der Waals surface area (Å²) < 4.78 is 0. The van der Waals surface area contributed by atoms with Crippen molar-refractivity contribution in [1.82, 2.24) is 4.90 Å². The number of halogens is 1. The summed E-state index contributed by atoms with van der Waals surface area (Å²) in [6, 6.07) is 11.5. The number of nitrogens with zero attached hydrogens (tertiary/aromatic N) is 3. The van der Waals surface area contributed by atoms with E-state index >= 15 is 0 Å². The second-order valence-corrected chi connectivity index (χ2v) is 7.44. The van der Waals surface area contributed by atoms with Crippen LogP contribution in [0.4, 0.5) is 11.4 Å². The van der Waals surface area contributed by atoms with Gasteiger partial charge in [0.25, 0.3) is 5.69 Å². The Hall–Kier alpha value is -2.58. The SMILES string of the molecule is CN(Cc1cc([N+](=O)[O-])ccc1Cl)C(=O)CN1C(=O)CSc2ccccc21. The maximum Gasteiger partial charge on any atom is 0.269 e. The molecule has 0 aromatic heterocycles. The van der Waals surface area contributed by atoms with Crippen LogP contribution in [-0.4, -0.2) is 41.0 Å². The summed E-state index contributed by atoms with van der Waals surface area (Å²) >= 11 is 7.55. The Labute approximate surface area is 165 Å². The molecule has 1 aliphatic rings. The van der Waals surface area contributed by atoms with Crippen LogP contribution >= 0.6 is 23.4 Å². The number of non-ortho nitro benzene ring substituents is 1. The molecule has 0 unspecified atom stereocenters. The Kier molecular flexibility index (Phi) is 5.67. The lowest BCUT2D eigenvalue weighted by Crippen LogP contribution is -2.43. The minimum absolute atomic E-state index is 0.0904. The summed E-state index contributed by atoms with van der Waals surface area (Å²) in [6.07, 6.45) is 0. The predicted molar refractivity (Wildman–Crippen MR) is 104 cm³/mol. The molecule has 0 atom stereocenters. The van der Waals surface area contributed by atoms with Crippen molar-refractivity contribution in [3.05, 3.63) is 63.2 Å². The fourth-order valence-electron chi connectivity index (χ4n) is 2.72. The number of rotatable bonds is 5. The molecule has 140 valence electrons. The highest BCUT2D eigenvalue weighted by Crippen LogP contribution is 2.34. The van der Waals surface area contributed by atoms with Crippen LogP contribution in [0.2, 0.25) is 5.02 Å². The van der Waals surface area contributed by atoms with Crippen LogP contribution in [0, 0.1) is 10.1 Å². The molecule has 2 aromatic rings. The molecular formula is C18H16ClN3O4S. The molecule has 0 fully saturated rings. The third kappa shape index (κ3) is 4.23. The Bertz CT molecular complexity index is 921. The van der Waals surface area contributed by atoms with Crippen molar-refractivity contribution < 1.29 is 14.5 Å². The summed E-state index contributed by atoms with van der Waals surface area (Å²) in [7, 11) is 1.58. The zero-order valence-corrected chi connectivity index (χ0v) is 16.0. The highest BCUT2D eigenvalue weighted by atomic mass is 35.5. The number of carbonyl (C=O) groups excluding carboxylic acids is 2. The molecule has 2 amide bonds. The van der Waals surface area contributed by atoms with Gasteiger partial charge in [0.2, 0.25) is 11.8 Å². The van der Waals surface area contributed by atoms with Crippen molar-refractivity contribution in [3.63, 3.8) is 0 Å². The van der Waals surface area contributed by atoms with Gasteiger partial charge in [0.05, 0.1) is 16.4 Å². The summed E-state index contributed by atoms with van der Waals surface area (Å²) in [5.41, 5.74) is 1.10. The second-order valence-electron chi connectivity index (χ2n) is 6.02. The normalized spacial score (nSPS) is 13.3. The molecular weight excluding hydrogens is 390 g/mol. The lowest BCUT2D eigenvalue weighted by atomic mass is 10.2. The molecule has 3 rings (SSSR count). The predicted octanol–water partition coefficient (Wildman–Crippen LogP) is 3.35. The quantitative estimate of drug-likeness (QED) is 0.562. The fourth-order valence-corrected chi connectivity index (χ4v) is 3.84.